The standard InChI is InChI=1S/C25H27NO4/c1-3-5-7-20-15-22(30-29)16-21(8-6-4-2)25(20)24(28)14-13-23(27)19-11-9-18(17-26)10-12-19/h9-12,15H,3-8,13-14H2,1-2H3. The summed E-state index contributed by atoms with van der Waals surface area (Å²) < 4.78 is 0. The first kappa shape index (κ1) is 23.3. The van der Waals surface area contributed by atoms with Crippen LogP contribution in [0.25, 0.3) is 0 Å². The molecule has 0 saturated heterocycles. The number of unbranched alkanes of at least 4 members (excludes halogenated alkanes) is 2. The Morgan fingerprint density at radius 2 is 1.63 bits per heavy atom. The number of Topliss-reactive ketones (excluding diaryl/α,β-unsaturated/α-hetero) is 2. The second-order valence-corrected chi connectivity index (χ2v) is 7.34. The molecule has 0 saturated carbocycles. The van der Waals surface area contributed by atoms with Crippen LogP contribution < -0.4 is 4.89 Å². The second-order valence-electron chi connectivity index (χ2n) is 7.34. The normalized spacial score (nSPS) is 10.5. The molecule has 0 N–H and O–H groups in total. The lowest BCUT2D eigenvalue weighted by molar-refractivity contribution is -0.208. The Labute approximate surface area is 178 Å². The molecule has 0 aliphatic heterocycles. The van der Waals surface area contributed by atoms with E-state index in [0.29, 0.717) is 35.1 Å². The molecule has 0 aliphatic rings. The molecule has 5 heteroatoms. The summed E-state index contributed by atoms with van der Waals surface area (Å²) in [5.74, 6) is -0.137. The molecule has 2 aromatic carbocycles. The summed E-state index contributed by atoms with van der Waals surface area (Å²) in [7, 11) is 0. The third kappa shape index (κ3) is 6.27. The van der Waals surface area contributed by atoms with Crippen LogP contribution in [-0.4, -0.2) is 11.6 Å². The fourth-order valence-corrected chi connectivity index (χ4v) is 3.40. The third-order valence-electron chi connectivity index (χ3n) is 5.07. The minimum absolute atomic E-state index is 0.0858. The first-order valence-electron chi connectivity index (χ1n) is 10.5. The van der Waals surface area contributed by atoms with Gasteiger partial charge in [0.15, 0.2) is 17.3 Å². The summed E-state index contributed by atoms with van der Waals surface area (Å²) >= 11 is 0. The van der Waals surface area contributed by atoms with Crippen molar-refractivity contribution in [2.75, 3.05) is 0 Å². The molecule has 0 heterocycles. The van der Waals surface area contributed by atoms with Crippen molar-refractivity contribution in [3.05, 3.63) is 64.2 Å². The van der Waals surface area contributed by atoms with E-state index in [0.717, 1.165) is 31.2 Å². The molecule has 2 aromatic rings. The van der Waals surface area contributed by atoms with Crippen molar-refractivity contribution < 1.29 is 19.7 Å². The highest BCUT2D eigenvalue weighted by Gasteiger charge is 2.20. The number of ketones is 2. The van der Waals surface area contributed by atoms with Crippen molar-refractivity contribution >= 4 is 11.6 Å². The van der Waals surface area contributed by atoms with E-state index in [1.807, 2.05) is 6.07 Å². The van der Waals surface area contributed by atoms with E-state index in [9.17, 15) is 14.8 Å². The van der Waals surface area contributed by atoms with Crippen LogP contribution in [0, 0.1) is 17.4 Å². The molecule has 0 atom stereocenters. The van der Waals surface area contributed by atoms with Gasteiger partial charge in [-0.25, -0.2) is 0 Å². The van der Waals surface area contributed by atoms with E-state index in [1.165, 1.54) is 0 Å². The van der Waals surface area contributed by atoms with Crippen molar-refractivity contribution in [1.29, 1.82) is 5.26 Å². The molecule has 30 heavy (non-hydrogen) atoms. The van der Waals surface area contributed by atoms with Gasteiger partial charge >= 0.3 is 0 Å². The van der Waals surface area contributed by atoms with Crippen LogP contribution in [0.3, 0.4) is 0 Å². The predicted molar refractivity (Wildman–Crippen MR) is 113 cm³/mol. The average molecular weight is 405 g/mol. The molecule has 0 aliphatic carbocycles. The zero-order valence-electron chi connectivity index (χ0n) is 17.6. The lowest BCUT2D eigenvalue weighted by atomic mass is 9.89. The van der Waals surface area contributed by atoms with E-state index in [-0.39, 0.29) is 30.2 Å². The first-order valence-corrected chi connectivity index (χ1v) is 10.5. The highest BCUT2D eigenvalue weighted by Crippen LogP contribution is 2.27. The monoisotopic (exact) mass is 405 g/mol. The molecular formula is C25H27NO4. The maximum absolute atomic E-state index is 13.1. The van der Waals surface area contributed by atoms with Gasteiger partial charge in [-0.1, -0.05) is 38.8 Å². The Balaban J connectivity index is 2.24. The van der Waals surface area contributed by atoms with Crippen molar-refractivity contribution in [2.45, 2.75) is 65.2 Å². The number of carbonyl (C=O) groups is 2. The summed E-state index contributed by atoms with van der Waals surface area (Å²) in [6.45, 7) is 4.12. The zero-order chi connectivity index (χ0) is 21.9. The van der Waals surface area contributed by atoms with Gasteiger partial charge in [0.25, 0.3) is 0 Å². The first-order chi connectivity index (χ1) is 14.5. The molecule has 5 nitrogen and oxygen atoms in total. The summed E-state index contributed by atoms with van der Waals surface area (Å²) in [6.07, 6.45) is 5.15. The molecular weight excluding hydrogens is 378 g/mol. The molecule has 0 aromatic heterocycles. The Hall–Kier alpha value is -2.97. The molecule has 0 bridgehead atoms. The zero-order valence-corrected chi connectivity index (χ0v) is 17.6. The van der Waals surface area contributed by atoms with E-state index in [1.54, 1.807) is 30.3 Å². The number of hydrogen-bond acceptors (Lipinski definition) is 4. The number of aryl methyl sites for hydroxylation is 2. The Kier molecular flexibility index (Phi) is 9.24. The van der Waals surface area contributed by atoms with Gasteiger partial charge in [-0.3, -0.25) is 9.59 Å². The van der Waals surface area contributed by atoms with Gasteiger partial charge in [-0.15, -0.1) is 0 Å². The predicted octanol–water partition coefficient (Wildman–Crippen LogP) is 5.61. The Morgan fingerprint density at radius 3 is 2.23 bits per heavy atom. The highest BCUT2D eigenvalue weighted by molar-refractivity contribution is 6.03. The molecule has 2 radical (unpaired) electrons. The maximum atomic E-state index is 13.1. The number of nitriles is 1. The average Bonchev–Trinajstić information content (AvgIpc) is 2.79. The largest absolute Gasteiger partial charge is 0.305 e. The molecule has 0 unspecified atom stereocenters. The van der Waals surface area contributed by atoms with Crippen LogP contribution >= 0.6 is 0 Å². The van der Waals surface area contributed by atoms with Crippen LogP contribution in [-0.2, 0) is 18.1 Å². The summed E-state index contributed by atoms with van der Waals surface area (Å²) in [5, 5.41) is 19.9. The lowest BCUT2D eigenvalue weighted by Crippen LogP contribution is -2.12. The third-order valence-corrected chi connectivity index (χ3v) is 5.07. The van der Waals surface area contributed by atoms with Crippen LogP contribution in [0.5, 0.6) is 5.75 Å². The number of hydrogen-bond donors (Lipinski definition) is 0. The SMILES string of the molecule is CCCCc1[c]c(O[O])cc(CCCC)c1C(=O)CCC(=O)c1ccc(C#N)cc1. The Morgan fingerprint density at radius 1 is 1.00 bits per heavy atom. The topological polar surface area (TPSA) is 87.1 Å². The van der Waals surface area contributed by atoms with Gasteiger partial charge in [0.05, 0.1) is 11.6 Å². The maximum Gasteiger partial charge on any atom is 0.177 e. The minimum Gasteiger partial charge on any atom is -0.305 e. The highest BCUT2D eigenvalue weighted by atomic mass is 17.1. The summed E-state index contributed by atoms with van der Waals surface area (Å²) in [6, 6.07) is 13.0. The van der Waals surface area contributed by atoms with E-state index < -0.39 is 0 Å². The summed E-state index contributed by atoms with van der Waals surface area (Å²) in [4.78, 5) is 29.8. The van der Waals surface area contributed by atoms with Crippen LogP contribution in [0.1, 0.15) is 89.8 Å². The molecule has 0 fully saturated rings. The van der Waals surface area contributed by atoms with Gasteiger partial charge in [-0.05, 0) is 55.0 Å². The van der Waals surface area contributed by atoms with Crippen molar-refractivity contribution in [1.82, 2.24) is 0 Å². The molecule has 0 amide bonds. The van der Waals surface area contributed by atoms with Crippen molar-refractivity contribution in [3.8, 4) is 11.8 Å². The van der Waals surface area contributed by atoms with Crippen molar-refractivity contribution in [2.24, 2.45) is 0 Å². The minimum atomic E-state index is -0.137. The molecule has 2 rings (SSSR count). The smallest absolute Gasteiger partial charge is 0.177 e. The van der Waals surface area contributed by atoms with Gasteiger partial charge in [0, 0.05) is 35.3 Å². The number of benzene rings is 2. The van der Waals surface area contributed by atoms with E-state index >= 15 is 0 Å². The fraction of sp³-hybridized carbons (Fsp3) is 0.400. The van der Waals surface area contributed by atoms with E-state index in [2.05, 4.69) is 24.8 Å². The molecule has 156 valence electrons. The summed E-state index contributed by atoms with van der Waals surface area (Å²) in [5.41, 5.74) is 3.06. The number of rotatable bonds is 12. The second kappa shape index (κ2) is 11.9. The van der Waals surface area contributed by atoms with Crippen molar-refractivity contribution in [3.63, 3.8) is 0 Å². The van der Waals surface area contributed by atoms with Crippen LogP contribution in [0.15, 0.2) is 30.3 Å². The van der Waals surface area contributed by atoms with Crippen LogP contribution in [0.4, 0.5) is 0 Å². The van der Waals surface area contributed by atoms with Gasteiger partial charge < -0.3 is 4.89 Å². The van der Waals surface area contributed by atoms with Gasteiger partial charge in [0.1, 0.15) is 0 Å². The van der Waals surface area contributed by atoms with Gasteiger partial charge in [-0.2, -0.15) is 5.26 Å². The van der Waals surface area contributed by atoms with Crippen LogP contribution in [0.2, 0.25) is 0 Å². The Bertz CT molecular complexity index is 881. The molecule has 0 spiro atoms. The fourth-order valence-electron chi connectivity index (χ4n) is 3.40. The number of carbonyl (C=O) groups excluding carboxylic acids is 2. The van der Waals surface area contributed by atoms with Gasteiger partial charge in [0.2, 0.25) is 0 Å². The van der Waals surface area contributed by atoms with E-state index in [4.69, 9.17) is 5.26 Å². The lowest BCUT2D eigenvalue weighted by Gasteiger charge is -2.15. The number of nitrogens with zero attached hydrogens (tertiary/aromatic N) is 1. The quantitative estimate of drug-likeness (QED) is 0.261.